The highest BCUT2D eigenvalue weighted by Crippen LogP contribution is 2.28. The van der Waals surface area contributed by atoms with Crippen LogP contribution in [-0.4, -0.2) is 58.6 Å². The Bertz CT molecular complexity index is 903. The molecule has 27 heavy (non-hydrogen) atoms. The molecule has 3 aromatic heterocycles. The van der Waals surface area contributed by atoms with Gasteiger partial charge < -0.3 is 15.2 Å². The number of nitrogens with two attached hydrogens (primary N) is 1. The molecule has 0 radical (unpaired) electrons. The summed E-state index contributed by atoms with van der Waals surface area (Å²) in [4.78, 5) is 14.4. The van der Waals surface area contributed by atoms with Crippen molar-refractivity contribution in [2.45, 2.75) is 38.8 Å². The number of hydrogen-bond acceptors (Lipinski definition) is 6. The topological polar surface area (TPSA) is 124 Å². The van der Waals surface area contributed by atoms with Crippen LogP contribution >= 0.6 is 0 Å². The summed E-state index contributed by atoms with van der Waals surface area (Å²) >= 11 is 0. The van der Waals surface area contributed by atoms with Crippen LogP contribution in [0.15, 0.2) is 24.5 Å². The number of carbonyl (C=O) groups excluding carboxylic acids is 1. The zero-order chi connectivity index (χ0) is 18.8. The number of piperidine rings is 1. The summed E-state index contributed by atoms with van der Waals surface area (Å²) in [6.07, 6.45) is 5.39. The van der Waals surface area contributed by atoms with Gasteiger partial charge in [0.2, 0.25) is 0 Å². The van der Waals surface area contributed by atoms with Crippen molar-refractivity contribution in [1.29, 1.82) is 0 Å². The maximum Gasteiger partial charge on any atom is 0.271 e. The SMILES string of the molecule is CCn1c(Cn2cccn2)nnc1C1CCN(C(=O)c2cc(N)n[nH]2)CC1. The number of anilines is 1. The smallest absolute Gasteiger partial charge is 0.271 e. The van der Waals surface area contributed by atoms with Crippen LogP contribution in [-0.2, 0) is 13.1 Å². The number of nitrogens with one attached hydrogen (secondary N) is 1. The van der Waals surface area contributed by atoms with Crippen LogP contribution in [0.25, 0.3) is 0 Å². The van der Waals surface area contributed by atoms with Crippen molar-refractivity contribution in [3.05, 3.63) is 41.9 Å². The molecule has 4 heterocycles. The Hall–Kier alpha value is -3.17. The molecule has 1 saturated heterocycles. The lowest BCUT2D eigenvalue weighted by atomic mass is 9.95. The standard InChI is InChI=1S/C17H23N9O/c1-2-26-15(11-25-7-3-6-19-25)22-23-16(26)12-4-8-24(9-5-12)17(27)13-10-14(18)21-20-13/h3,6-7,10,12H,2,4-5,8-9,11H2,1H3,(H3,18,20,21). The zero-order valence-corrected chi connectivity index (χ0v) is 15.2. The summed E-state index contributed by atoms with van der Waals surface area (Å²) in [6, 6.07) is 3.47. The Morgan fingerprint density at radius 2 is 2.15 bits per heavy atom. The number of nitrogen functional groups attached to an aromatic ring is 1. The summed E-state index contributed by atoms with van der Waals surface area (Å²) in [7, 11) is 0. The fraction of sp³-hybridized carbons (Fsp3) is 0.471. The minimum Gasteiger partial charge on any atom is -0.382 e. The van der Waals surface area contributed by atoms with Gasteiger partial charge in [-0.15, -0.1) is 10.2 Å². The predicted octanol–water partition coefficient (Wildman–Crippen LogP) is 0.868. The summed E-state index contributed by atoms with van der Waals surface area (Å²) < 4.78 is 4.01. The normalized spacial score (nSPS) is 15.4. The zero-order valence-electron chi connectivity index (χ0n) is 15.2. The van der Waals surface area contributed by atoms with E-state index < -0.39 is 0 Å². The first-order valence-electron chi connectivity index (χ1n) is 9.15. The highest BCUT2D eigenvalue weighted by Gasteiger charge is 2.29. The van der Waals surface area contributed by atoms with Gasteiger partial charge in [-0.1, -0.05) is 0 Å². The Kier molecular flexibility index (Phi) is 4.61. The first-order valence-corrected chi connectivity index (χ1v) is 9.15. The van der Waals surface area contributed by atoms with Gasteiger partial charge in [0.15, 0.2) is 5.82 Å². The van der Waals surface area contributed by atoms with Gasteiger partial charge in [0.05, 0.1) is 0 Å². The molecular weight excluding hydrogens is 346 g/mol. The van der Waals surface area contributed by atoms with Crippen molar-refractivity contribution in [1.82, 2.24) is 39.6 Å². The molecule has 0 aliphatic carbocycles. The average Bonchev–Trinajstić information content (AvgIpc) is 3.43. The van der Waals surface area contributed by atoms with Gasteiger partial charge in [0.25, 0.3) is 5.91 Å². The number of nitrogens with zero attached hydrogens (tertiary/aromatic N) is 7. The third-order valence-corrected chi connectivity index (χ3v) is 5.01. The molecule has 4 rings (SSSR count). The van der Waals surface area contributed by atoms with E-state index in [9.17, 15) is 4.79 Å². The van der Waals surface area contributed by atoms with Gasteiger partial charge in [0, 0.05) is 44.0 Å². The highest BCUT2D eigenvalue weighted by molar-refractivity contribution is 5.93. The fourth-order valence-corrected chi connectivity index (χ4v) is 3.61. The number of amides is 1. The lowest BCUT2D eigenvalue weighted by Gasteiger charge is -2.31. The van der Waals surface area contributed by atoms with E-state index in [2.05, 4.69) is 37.0 Å². The Morgan fingerprint density at radius 1 is 1.33 bits per heavy atom. The third-order valence-electron chi connectivity index (χ3n) is 5.01. The number of aromatic amines is 1. The van der Waals surface area contributed by atoms with Crippen LogP contribution in [0.3, 0.4) is 0 Å². The van der Waals surface area contributed by atoms with Gasteiger partial charge in [-0.05, 0) is 25.8 Å². The first kappa shape index (κ1) is 17.3. The second-order valence-corrected chi connectivity index (χ2v) is 6.70. The summed E-state index contributed by atoms with van der Waals surface area (Å²) in [5.41, 5.74) is 6.02. The second kappa shape index (κ2) is 7.22. The maximum absolute atomic E-state index is 12.5. The monoisotopic (exact) mass is 369 g/mol. The summed E-state index contributed by atoms with van der Waals surface area (Å²) in [5, 5.41) is 19.6. The average molecular weight is 369 g/mol. The Morgan fingerprint density at radius 3 is 2.78 bits per heavy atom. The molecule has 0 aromatic carbocycles. The van der Waals surface area contributed by atoms with Gasteiger partial charge in [-0.3, -0.25) is 14.6 Å². The summed E-state index contributed by atoms with van der Waals surface area (Å²) in [5.74, 6) is 2.46. The van der Waals surface area contributed by atoms with Gasteiger partial charge in [0.1, 0.15) is 23.9 Å². The van der Waals surface area contributed by atoms with Crippen LogP contribution in [0.4, 0.5) is 5.82 Å². The molecular formula is C17H23N9O. The van der Waals surface area contributed by atoms with Gasteiger partial charge >= 0.3 is 0 Å². The molecule has 0 unspecified atom stereocenters. The van der Waals surface area contributed by atoms with E-state index in [0.717, 1.165) is 31.0 Å². The number of H-pyrrole nitrogens is 1. The van der Waals surface area contributed by atoms with E-state index >= 15 is 0 Å². The second-order valence-electron chi connectivity index (χ2n) is 6.70. The molecule has 1 aliphatic rings. The molecule has 1 aliphatic heterocycles. The van der Waals surface area contributed by atoms with Gasteiger partial charge in [-0.2, -0.15) is 10.2 Å². The quantitative estimate of drug-likeness (QED) is 0.688. The van der Waals surface area contributed by atoms with Crippen molar-refractivity contribution in [2.24, 2.45) is 0 Å². The van der Waals surface area contributed by atoms with Crippen LogP contribution in [0.5, 0.6) is 0 Å². The van der Waals surface area contributed by atoms with Crippen LogP contribution in [0.1, 0.15) is 47.8 Å². The molecule has 0 spiro atoms. The van der Waals surface area contributed by atoms with E-state index in [0.29, 0.717) is 37.1 Å². The third kappa shape index (κ3) is 3.42. The highest BCUT2D eigenvalue weighted by atomic mass is 16.2. The van der Waals surface area contributed by atoms with Crippen molar-refractivity contribution in [3.8, 4) is 0 Å². The van der Waals surface area contributed by atoms with Crippen molar-refractivity contribution < 1.29 is 4.79 Å². The molecule has 10 nitrogen and oxygen atoms in total. The lowest BCUT2D eigenvalue weighted by molar-refractivity contribution is 0.0704. The first-order chi connectivity index (χ1) is 13.2. The number of carbonyl (C=O) groups is 1. The minimum atomic E-state index is -0.0611. The van der Waals surface area contributed by atoms with E-state index in [1.165, 1.54) is 0 Å². The number of aromatic nitrogens is 7. The Labute approximate surface area is 156 Å². The van der Waals surface area contributed by atoms with Crippen molar-refractivity contribution >= 4 is 11.7 Å². The maximum atomic E-state index is 12.5. The van der Waals surface area contributed by atoms with Crippen molar-refractivity contribution in [3.63, 3.8) is 0 Å². The van der Waals surface area contributed by atoms with E-state index in [1.807, 2.05) is 21.8 Å². The van der Waals surface area contributed by atoms with Gasteiger partial charge in [-0.25, -0.2) is 0 Å². The molecule has 0 bridgehead atoms. The summed E-state index contributed by atoms with van der Waals surface area (Å²) in [6.45, 7) is 4.86. The van der Waals surface area contributed by atoms with E-state index in [-0.39, 0.29) is 5.91 Å². The van der Waals surface area contributed by atoms with E-state index in [4.69, 9.17) is 5.73 Å². The van der Waals surface area contributed by atoms with Crippen LogP contribution in [0.2, 0.25) is 0 Å². The molecule has 0 saturated carbocycles. The lowest BCUT2D eigenvalue weighted by Crippen LogP contribution is -2.38. The molecule has 0 atom stereocenters. The number of rotatable bonds is 5. The molecule has 142 valence electrons. The van der Waals surface area contributed by atoms with Crippen LogP contribution < -0.4 is 5.73 Å². The predicted molar refractivity (Wildman–Crippen MR) is 97.9 cm³/mol. The molecule has 10 heteroatoms. The minimum absolute atomic E-state index is 0.0611. The fourth-order valence-electron chi connectivity index (χ4n) is 3.61. The number of hydrogen-bond donors (Lipinski definition) is 2. The largest absolute Gasteiger partial charge is 0.382 e. The van der Waals surface area contributed by atoms with Crippen molar-refractivity contribution in [2.75, 3.05) is 18.8 Å². The molecule has 1 amide bonds. The van der Waals surface area contributed by atoms with E-state index in [1.54, 1.807) is 12.3 Å². The number of likely N-dealkylation sites (tertiary alicyclic amines) is 1. The molecule has 3 N–H and O–H groups in total. The molecule has 1 fully saturated rings. The van der Waals surface area contributed by atoms with Crippen LogP contribution in [0, 0.1) is 0 Å². The Balaban J connectivity index is 1.43. The molecule has 3 aromatic rings.